The number of fused-ring (bicyclic) bond motifs is 2. The van der Waals surface area contributed by atoms with Gasteiger partial charge in [0, 0.05) is 36.8 Å². The van der Waals surface area contributed by atoms with Gasteiger partial charge in [0.1, 0.15) is 6.33 Å². The number of rotatable bonds is 3. The minimum atomic E-state index is -0.224. The smallest absolute Gasteiger partial charge is 0.165 e. The average molecular weight is 381 g/mol. The van der Waals surface area contributed by atoms with E-state index in [0.29, 0.717) is 5.92 Å². The standard InChI is InChI=1S/C20H27N7O/c1-13-6-16-15(7-24-25-16)10-26(8-13)19-18-20(22-11-21-19)27(12-23-18)9-14-4-2-3-5-17(14)28/h7,11-14,17,28H,2-6,8-10H2,1H3,(H,24,25)/t13?,14-,17+/m1/s1. The molecule has 1 aliphatic carbocycles. The molecule has 3 aromatic heterocycles. The summed E-state index contributed by atoms with van der Waals surface area (Å²) < 4.78 is 2.09. The molecule has 2 aliphatic rings. The van der Waals surface area contributed by atoms with Crippen LogP contribution in [0.15, 0.2) is 18.9 Å². The molecule has 0 radical (unpaired) electrons. The predicted octanol–water partition coefficient (Wildman–Crippen LogP) is 2.30. The van der Waals surface area contributed by atoms with Crippen molar-refractivity contribution in [2.24, 2.45) is 11.8 Å². The van der Waals surface area contributed by atoms with Gasteiger partial charge in [-0.15, -0.1) is 0 Å². The van der Waals surface area contributed by atoms with Crippen molar-refractivity contribution in [1.82, 2.24) is 29.7 Å². The number of hydrogen-bond donors (Lipinski definition) is 2. The summed E-state index contributed by atoms with van der Waals surface area (Å²) in [6.45, 7) is 4.71. The summed E-state index contributed by atoms with van der Waals surface area (Å²) in [6, 6.07) is 0. The fourth-order valence-electron chi connectivity index (χ4n) is 4.76. The SMILES string of the molecule is CC1Cc2[nH]ncc2CN(c2ncnc3c2ncn3C[C@H]2CCCC[C@@H]2O)C1. The number of aliphatic hydroxyl groups is 1. The van der Waals surface area contributed by atoms with Gasteiger partial charge in [-0.25, -0.2) is 15.0 Å². The Kier molecular flexibility index (Phi) is 4.50. The maximum Gasteiger partial charge on any atom is 0.165 e. The van der Waals surface area contributed by atoms with E-state index >= 15 is 0 Å². The zero-order chi connectivity index (χ0) is 19.1. The lowest BCUT2D eigenvalue weighted by atomic mass is 9.86. The molecule has 0 bridgehead atoms. The molecule has 2 N–H and O–H groups in total. The second-order valence-electron chi connectivity index (χ2n) is 8.44. The van der Waals surface area contributed by atoms with E-state index in [1.165, 1.54) is 17.7 Å². The summed E-state index contributed by atoms with van der Waals surface area (Å²) in [5.74, 6) is 1.65. The van der Waals surface area contributed by atoms with Crippen LogP contribution in [0.5, 0.6) is 0 Å². The Morgan fingerprint density at radius 3 is 3.00 bits per heavy atom. The van der Waals surface area contributed by atoms with Crippen LogP contribution in [0.25, 0.3) is 11.2 Å². The molecule has 1 unspecified atom stereocenters. The fraction of sp³-hybridized carbons (Fsp3) is 0.600. The van der Waals surface area contributed by atoms with E-state index < -0.39 is 0 Å². The summed E-state index contributed by atoms with van der Waals surface area (Å²) in [6.07, 6.45) is 10.5. The molecule has 1 saturated carbocycles. The van der Waals surface area contributed by atoms with Gasteiger partial charge in [0.05, 0.1) is 18.6 Å². The molecule has 28 heavy (non-hydrogen) atoms. The number of hydrogen-bond acceptors (Lipinski definition) is 6. The molecule has 0 aromatic carbocycles. The van der Waals surface area contributed by atoms with E-state index in [1.807, 2.05) is 12.5 Å². The summed E-state index contributed by atoms with van der Waals surface area (Å²) in [5.41, 5.74) is 4.14. The third-order valence-corrected chi connectivity index (χ3v) is 6.23. The van der Waals surface area contributed by atoms with E-state index in [4.69, 9.17) is 0 Å². The Hall–Kier alpha value is -2.48. The normalized spacial score (nSPS) is 25.6. The van der Waals surface area contributed by atoms with Gasteiger partial charge >= 0.3 is 0 Å². The van der Waals surface area contributed by atoms with Crippen molar-refractivity contribution >= 4 is 17.0 Å². The lowest BCUT2D eigenvalue weighted by Gasteiger charge is -2.27. The van der Waals surface area contributed by atoms with Gasteiger partial charge < -0.3 is 14.6 Å². The molecular formula is C20H27N7O. The molecule has 4 heterocycles. The monoisotopic (exact) mass is 381 g/mol. The minimum Gasteiger partial charge on any atom is -0.393 e. The van der Waals surface area contributed by atoms with Gasteiger partial charge in [-0.1, -0.05) is 19.8 Å². The highest BCUT2D eigenvalue weighted by Gasteiger charge is 2.26. The first-order chi connectivity index (χ1) is 13.7. The summed E-state index contributed by atoms with van der Waals surface area (Å²) in [5, 5.41) is 17.7. The highest BCUT2D eigenvalue weighted by atomic mass is 16.3. The van der Waals surface area contributed by atoms with Crippen LogP contribution in [0.4, 0.5) is 5.82 Å². The van der Waals surface area contributed by atoms with Gasteiger partial charge in [-0.05, 0) is 25.2 Å². The van der Waals surface area contributed by atoms with Crippen LogP contribution in [0.1, 0.15) is 43.9 Å². The van der Waals surface area contributed by atoms with Crippen molar-refractivity contribution in [3.8, 4) is 0 Å². The third kappa shape index (κ3) is 3.15. The highest BCUT2D eigenvalue weighted by Crippen LogP contribution is 2.30. The molecule has 1 aliphatic heterocycles. The molecule has 0 saturated heterocycles. The van der Waals surface area contributed by atoms with Crippen molar-refractivity contribution in [2.75, 3.05) is 11.4 Å². The Morgan fingerprint density at radius 2 is 2.11 bits per heavy atom. The Balaban J connectivity index is 1.47. The highest BCUT2D eigenvalue weighted by molar-refractivity contribution is 5.83. The van der Waals surface area contributed by atoms with Crippen molar-refractivity contribution in [3.05, 3.63) is 30.1 Å². The zero-order valence-electron chi connectivity index (χ0n) is 16.3. The maximum absolute atomic E-state index is 10.3. The zero-order valence-corrected chi connectivity index (χ0v) is 16.3. The largest absolute Gasteiger partial charge is 0.393 e. The molecule has 1 fully saturated rings. The van der Waals surface area contributed by atoms with Gasteiger partial charge in [0.15, 0.2) is 17.0 Å². The summed E-state index contributed by atoms with van der Waals surface area (Å²) in [4.78, 5) is 16.1. The van der Waals surface area contributed by atoms with E-state index in [0.717, 1.165) is 62.3 Å². The van der Waals surface area contributed by atoms with Crippen LogP contribution < -0.4 is 4.90 Å². The van der Waals surface area contributed by atoms with Crippen LogP contribution in [0.3, 0.4) is 0 Å². The van der Waals surface area contributed by atoms with Crippen molar-refractivity contribution < 1.29 is 5.11 Å². The number of anilines is 1. The quantitative estimate of drug-likeness (QED) is 0.723. The van der Waals surface area contributed by atoms with Gasteiger partial charge in [-0.3, -0.25) is 5.10 Å². The number of imidazole rings is 1. The van der Waals surface area contributed by atoms with E-state index in [1.54, 1.807) is 6.33 Å². The van der Waals surface area contributed by atoms with E-state index in [9.17, 15) is 5.11 Å². The third-order valence-electron chi connectivity index (χ3n) is 6.23. The molecular weight excluding hydrogens is 354 g/mol. The van der Waals surface area contributed by atoms with Crippen molar-refractivity contribution in [1.29, 1.82) is 0 Å². The van der Waals surface area contributed by atoms with Gasteiger partial charge in [-0.2, -0.15) is 5.10 Å². The molecule has 0 amide bonds. The summed E-state index contributed by atoms with van der Waals surface area (Å²) >= 11 is 0. The Morgan fingerprint density at radius 1 is 1.21 bits per heavy atom. The molecule has 5 rings (SSSR count). The first kappa shape index (κ1) is 17.6. The van der Waals surface area contributed by atoms with E-state index in [-0.39, 0.29) is 12.0 Å². The second-order valence-corrected chi connectivity index (χ2v) is 8.44. The molecule has 8 heteroatoms. The minimum absolute atomic E-state index is 0.224. The van der Waals surface area contributed by atoms with Crippen LogP contribution in [0, 0.1) is 11.8 Å². The molecule has 148 valence electrons. The number of nitrogens with one attached hydrogen (secondary N) is 1. The first-order valence-electron chi connectivity index (χ1n) is 10.3. The van der Waals surface area contributed by atoms with Crippen LogP contribution >= 0.6 is 0 Å². The molecule has 8 nitrogen and oxygen atoms in total. The maximum atomic E-state index is 10.3. The van der Waals surface area contributed by atoms with Crippen LogP contribution in [-0.4, -0.2) is 47.5 Å². The number of aliphatic hydroxyl groups excluding tert-OH is 1. The Labute approximate surface area is 164 Å². The number of H-pyrrole nitrogens is 1. The fourth-order valence-corrected chi connectivity index (χ4v) is 4.76. The second kappa shape index (κ2) is 7.16. The van der Waals surface area contributed by atoms with Crippen molar-refractivity contribution in [2.45, 2.75) is 58.2 Å². The topological polar surface area (TPSA) is 95.8 Å². The average Bonchev–Trinajstić information content (AvgIpc) is 3.26. The van der Waals surface area contributed by atoms with Gasteiger partial charge in [0.25, 0.3) is 0 Å². The number of aromatic nitrogens is 6. The lowest BCUT2D eigenvalue weighted by molar-refractivity contribution is 0.0611. The molecule has 0 spiro atoms. The Bertz CT molecular complexity index is 965. The van der Waals surface area contributed by atoms with Crippen molar-refractivity contribution in [3.63, 3.8) is 0 Å². The lowest BCUT2D eigenvalue weighted by Crippen LogP contribution is -2.28. The van der Waals surface area contributed by atoms with Crippen LogP contribution in [-0.2, 0) is 19.5 Å². The number of aromatic amines is 1. The van der Waals surface area contributed by atoms with E-state index in [2.05, 4.69) is 41.5 Å². The van der Waals surface area contributed by atoms with Crippen LogP contribution in [0.2, 0.25) is 0 Å². The predicted molar refractivity (Wildman–Crippen MR) is 106 cm³/mol. The molecule has 3 aromatic rings. The van der Waals surface area contributed by atoms with Gasteiger partial charge in [0.2, 0.25) is 0 Å². The first-order valence-corrected chi connectivity index (χ1v) is 10.3. The number of nitrogens with zero attached hydrogens (tertiary/aromatic N) is 6. The summed E-state index contributed by atoms with van der Waals surface area (Å²) in [7, 11) is 0. The molecule has 3 atom stereocenters.